The standard InChI is InChI=1S/C5H7O3/c1-2-8-5(7)3-4-6/h4H,1-3H2/q+1. The molecule has 0 aromatic carbocycles. The lowest BCUT2D eigenvalue weighted by Gasteiger charge is -1.89. The van der Waals surface area contributed by atoms with Gasteiger partial charge in [0.15, 0.2) is 0 Å². The van der Waals surface area contributed by atoms with Gasteiger partial charge in [-0.25, -0.2) is 0 Å². The van der Waals surface area contributed by atoms with E-state index in [0.717, 1.165) is 0 Å². The molecule has 0 aromatic heterocycles. The summed E-state index contributed by atoms with van der Waals surface area (Å²) in [6, 6.07) is 0. The largest absolute Gasteiger partial charge is 0.423 e. The third-order valence-corrected chi connectivity index (χ3v) is 0.513. The molecule has 0 aliphatic carbocycles. The number of aldehydes is 1. The molecule has 3 heteroatoms. The van der Waals surface area contributed by atoms with Crippen LogP contribution in [0.25, 0.3) is 0 Å². The summed E-state index contributed by atoms with van der Waals surface area (Å²) in [7, 11) is 0. The first-order valence-electron chi connectivity index (χ1n) is 2.19. The van der Waals surface area contributed by atoms with Crippen molar-refractivity contribution in [2.45, 2.75) is 6.42 Å². The van der Waals surface area contributed by atoms with Gasteiger partial charge in [-0.2, -0.15) is 0 Å². The number of esters is 1. The predicted molar refractivity (Wildman–Crippen MR) is 27.0 cm³/mol. The molecule has 0 unspecified atom stereocenters. The number of hydrogen-bond donors (Lipinski definition) is 0. The summed E-state index contributed by atoms with van der Waals surface area (Å²) >= 11 is 0. The average molecular weight is 115 g/mol. The molecule has 0 saturated heterocycles. The Morgan fingerprint density at radius 3 is 2.75 bits per heavy atom. The van der Waals surface area contributed by atoms with Crippen molar-refractivity contribution in [1.29, 1.82) is 0 Å². The van der Waals surface area contributed by atoms with Gasteiger partial charge in [-0.3, -0.25) is 4.79 Å². The average Bonchev–Trinajstić information content (AvgIpc) is 1.68. The molecule has 0 bridgehead atoms. The molecule has 0 spiro atoms. The second kappa shape index (κ2) is 4.18. The van der Waals surface area contributed by atoms with E-state index in [1.807, 2.05) is 0 Å². The van der Waals surface area contributed by atoms with Crippen LogP contribution >= 0.6 is 0 Å². The third kappa shape index (κ3) is 3.21. The Morgan fingerprint density at radius 1 is 1.75 bits per heavy atom. The van der Waals surface area contributed by atoms with E-state index in [2.05, 4.69) is 11.7 Å². The van der Waals surface area contributed by atoms with Gasteiger partial charge in [-0.15, -0.1) is 0 Å². The van der Waals surface area contributed by atoms with Crippen LogP contribution < -0.4 is 0 Å². The third-order valence-electron chi connectivity index (χ3n) is 0.513. The van der Waals surface area contributed by atoms with E-state index < -0.39 is 5.97 Å². The summed E-state index contributed by atoms with van der Waals surface area (Å²) < 4.78 is 4.30. The van der Waals surface area contributed by atoms with Crippen LogP contribution in [0.3, 0.4) is 0 Å². The van der Waals surface area contributed by atoms with Crippen LogP contribution in [0.15, 0.2) is 0 Å². The first-order chi connectivity index (χ1) is 3.81. The zero-order chi connectivity index (χ0) is 6.41. The lowest BCUT2D eigenvalue weighted by Crippen LogP contribution is -2.03. The second-order valence-electron chi connectivity index (χ2n) is 1.09. The van der Waals surface area contributed by atoms with Crippen molar-refractivity contribution in [3.8, 4) is 0 Å². The number of carbonyl (C=O) groups is 2. The lowest BCUT2D eigenvalue weighted by atomic mass is 10.5. The summed E-state index contributed by atoms with van der Waals surface area (Å²) in [5, 5.41) is 0. The molecule has 0 N–H and O–H groups in total. The highest BCUT2D eigenvalue weighted by Crippen LogP contribution is 1.79. The molecule has 0 aliphatic heterocycles. The monoisotopic (exact) mass is 115 g/mol. The van der Waals surface area contributed by atoms with Crippen LogP contribution in [0.1, 0.15) is 6.42 Å². The van der Waals surface area contributed by atoms with Gasteiger partial charge >= 0.3 is 5.97 Å². The van der Waals surface area contributed by atoms with Crippen LogP contribution in [0.5, 0.6) is 0 Å². The van der Waals surface area contributed by atoms with Gasteiger partial charge in [0.2, 0.25) is 6.61 Å². The van der Waals surface area contributed by atoms with Crippen molar-refractivity contribution in [2.75, 3.05) is 6.61 Å². The van der Waals surface area contributed by atoms with E-state index in [-0.39, 0.29) is 13.0 Å². The zero-order valence-corrected chi connectivity index (χ0v) is 4.42. The Bertz CT molecular complexity index is 87.7. The van der Waals surface area contributed by atoms with Gasteiger partial charge in [-0.05, 0) is 0 Å². The van der Waals surface area contributed by atoms with E-state index >= 15 is 0 Å². The summed E-state index contributed by atoms with van der Waals surface area (Å²) in [6.07, 6.45) is 0.327. The molecule has 3 nitrogen and oxygen atoms in total. The van der Waals surface area contributed by atoms with Crippen molar-refractivity contribution in [3.05, 3.63) is 6.92 Å². The Labute approximate surface area is 47.6 Å². The minimum atomic E-state index is -0.519. The highest BCUT2D eigenvalue weighted by atomic mass is 16.5. The van der Waals surface area contributed by atoms with Crippen molar-refractivity contribution in [3.63, 3.8) is 0 Å². The topological polar surface area (TPSA) is 43.4 Å². The van der Waals surface area contributed by atoms with Gasteiger partial charge in [0.1, 0.15) is 19.6 Å². The SMILES string of the molecule is [CH2+]COC(=O)CC=O. The van der Waals surface area contributed by atoms with Crippen LogP contribution in [-0.4, -0.2) is 18.9 Å². The molecule has 0 heterocycles. The molecule has 0 fully saturated rings. The van der Waals surface area contributed by atoms with E-state index in [9.17, 15) is 9.59 Å². The number of carbonyl (C=O) groups excluding carboxylic acids is 2. The minimum Gasteiger partial charge on any atom is -0.423 e. The molecule has 0 saturated carbocycles. The highest BCUT2D eigenvalue weighted by Gasteiger charge is 1.98. The zero-order valence-electron chi connectivity index (χ0n) is 4.42. The summed E-state index contributed by atoms with van der Waals surface area (Å²) in [5.41, 5.74) is 0. The van der Waals surface area contributed by atoms with E-state index in [1.54, 1.807) is 0 Å². The van der Waals surface area contributed by atoms with Gasteiger partial charge in [0.05, 0.1) is 0 Å². The molecule has 8 heavy (non-hydrogen) atoms. The Balaban J connectivity index is 3.18. The van der Waals surface area contributed by atoms with Crippen molar-refractivity contribution >= 4 is 12.3 Å². The molecule has 0 amide bonds. The van der Waals surface area contributed by atoms with Gasteiger partial charge < -0.3 is 9.53 Å². The van der Waals surface area contributed by atoms with Crippen molar-refractivity contribution in [1.82, 2.24) is 0 Å². The maximum absolute atomic E-state index is 10.1. The Morgan fingerprint density at radius 2 is 2.38 bits per heavy atom. The first-order valence-corrected chi connectivity index (χ1v) is 2.19. The fourth-order valence-corrected chi connectivity index (χ4v) is 0.241. The summed E-state index contributed by atoms with van der Waals surface area (Å²) in [4.78, 5) is 19.7. The lowest BCUT2D eigenvalue weighted by molar-refractivity contribution is -0.143. The maximum atomic E-state index is 10.1. The Kier molecular flexibility index (Phi) is 3.66. The number of ether oxygens (including phenoxy) is 1. The molecule has 0 radical (unpaired) electrons. The van der Waals surface area contributed by atoms with Crippen molar-refractivity contribution < 1.29 is 14.3 Å². The second-order valence-corrected chi connectivity index (χ2v) is 1.09. The summed E-state index contributed by atoms with van der Waals surface area (Å²) in [6.45, 7) is 3.34. The smallest absolute Gasteiger partial charge is 0.316 e. The van der Waals surface area contributed by atoms with Gasteiger partial charge in [0, 0.05) is 0 Å². The quantitative estimate of drug-likeness (QED) is 0.224. The molecular weight excluding hydrogens is 108 g/mol. The van der Waals surface area contributed by atoms with Gasteiger partial charge in [0.25, 0.3) is 0 Å². The molecule has 0 atom stereocenters. The van der Waals surface area contributed by atoms with Crippen molar-refractivity contribution in [2.24, 2.45) is 0 Å². The highest BCUT2D eigenvalue weighted by molar-refractivity contribution is 5.83. The number of hydrogen-bond acceptors (Lipinski definition) is 3. The molecular formula is C5H7O3+. The minimum absolute atomic E-state index is 0.0900. The maximum Gasteiger partial charge on any atom is 0.316 e. The fourth-order valence-electron chi connectivity index (χ4n) is 0.241. The van der Waals surface area contributed by atoms with Crippen LogP contribution in [-0.2, 0) is 14.3 Å². The van der Waals surface area contributed by atoms with Crippen LogP contribution in [0, 0.1) is 6.92 Å². The molecule has 0 rings (SSSR count). The normalized spacial score (nSPS) is 8.00. The first kappa shape index (κ1) is 7.01. The Hall–Kier alpha value is -0.990. The van der Waals surface area contributed by atoms with Crippen LogP contribution in [0.2, 0.25) is 0 Å². The molecule has 0 aliphatic rings. The fraction of sp³-hybridized carbons (Fsp3) is 0.400. The molecule has 44 valence electrons. The van der Waals surface area contributed by atoms with Gasteiger partial charge in [-0.1, -0.05) is 0 Å². The van der Waals surface area contributed by atoms with E-state index in [1.165, 1.54) is 0 Å². The van der Waals surface area contributed by atoms with Crippen LogP contribution in [0.4, 0.5) is 0 Å². The predicted octanol–water partition coefficient (Wildman–Crippen LogP) is -0.0473. The van der Waals surface area contributed by atoms with E-state index in [0.29, 0.717) is 6.29 Å². The van der Waals surface area contributed by atoms with E-state index in [4.69, 9.17) is 0 Å². The number of rotatable bonds is 3. The summed E-state index contributed by atoms with van der Waals surface area (Å²) in [5.74, 6) is -0.519. The molecule has 0 aromatic rings.